The van der Waals surface area contributed by atoms with Crippen LogP contribution in [0.2, 0.25) is 0 Å². The molecule has 0 spiro atoms. The van der Waals surface area contributed by atoms with Crippen molar-refractivity contribution in [1.82, 2.24) is 4.98 Å². The van der Waals surface area contributed by atoms with Crippen LogP contribution in [-0.2, 0) is 4.65 Å². The molecule has 0 aliphatic carbocycles. The van der Waals surface area contributed by atoms with E-state index in [1.54, 1.807) is 66.6 Å². The van der Waals surface area contributed by atoms with Crippen LogP contribution in [0.5, 0.6) is 5.75 Å². The fraction of sp³-hybridized carbons (Fsp3) is 0.350. The molecule has 0 unspecified atom stereocenters. The van der Waals surface area contributed by atoms with E-state index < -0.39 is 17.0 Å². The van der Waals surface area contributed by atoms with E-state index in [1.165, 1.54) is 6.07 Å². The number of aromatic nitrogens is 1. The summed E-state index contributed by atoms with van der Waals surface area (Å²) in [6.07, 6.45) is 0. The minimum Gasteiger partial charge on any atom is -0.496 e. The molecule has 141 valence electrons. The van der Waals surface area contributed by atoms with E-state index in [0.717, 1.165) is 5.46 Å². The molecule has 1 aromatic heterocycles. The molecule has 3 aromatic rings. The summed E-state index contributed by atoms with van der Waals surface area (Å²) < 4.78 is 30.8. The normalized spacial score (nSPS) is 12.4. The number of hydrogen-bond donors (Lipinski definition) is 1. The Morgan fingerprint density at radius 2 is 1.89 bits per heavy atom. The van der Waals surface area contributed by atoms with Gasteiger partial charge in [-0.3, -0.25) is 0 Å². The summed E-state index contributed by atoms with van der Waals surface area (Å²) >= 11 is 0. The van der Waals surface area contributed by atoms with E-state index in [1.807, 2.05) is 6.07 Å². The van der Waals surface area contributed by atoms with Crippen molar-refractivity contribution in [3.8, 4) is 17.2 Å². The van der Waals surface area contributed by atoms with Crippen LogP contribution in [0.25, 0.3) is 22.6 Å². The molecule has 2 aromatic carbocycles. The van der Waals surface area contributed by atoms with Crippen LogP contribution in [0.4, 0.5) is 4.39 Å². The molecule has 5 nitrogen and oxygen atoms in total. The Morgan fingerprint density at radius 1 is 1.15 bits per heavy atom. The molecule has 0 aliphatic rings. The first-order chi connectivity index (χ1) is 12.6. The lowest BCUT2D eigenvalue weighted by atomic mass is 9.82. The van der Waals surface area contributed by atoms with Crippen molar-refractivity contribution in [2.75, 3.05) is 7.11 Å². The SMILES string of the molecule is COc1ccc([B]OC(C)(C)C(C)(C)O)cc1-c1nc2c(F)cccc2o1. The summed E-state index contributed by atoms with van der Waals surface area (Å²) in [6.45, 7) is 6.98. The quantitative estimate of drug-likeness (QED) is 0.674. The highest BCUT2D eigenvalue weighted by Crippen LogP contribution is 2.32. The van der Waals surface area contributed by atoms with E-state index in [4.69, 9.17) is 13.8 Å². The second kappa shape index (κ2) is 6.98. The average molecular weight is 370 g/mol. The largest absolute Gasteiger partial charge is 0.496 e. The zero-order valence-corrected chi connectivity index (χ0v) is 16.0. The van der Waals surface area contributed by atoms with E-state index in [0.29, 0.717) is 16.9 Å². The van der Waals surface area contributed by atoms with Crippen LogP contribution in [0.1, 0.15) is 27.7 Å². The Hall–Kier alpha value is -2.38. The van der Waals surface area contributed by atoms with Gasteiger partial charge in [0.2, 0.25) is 5.89 Å². The van der Waals surface area contributed by atoms with Crippen LogP contribution < -0.4 is 10.2 Å². The molecule has 3 rings (SSSR count). The van der Waals surface area contributed by atoms with Crippen molar-refractivity contribution in [3.63, 3.8) is 0 Å². The van der Waals surface area contributed by atoms with Gasteiger partial charge in [-0.1, -0.05) is 17.6 Å². The molecule has 0 fully saturated rings. The van der Waals surface area contributed by atoms with Crippen molar-refractivity contribution in [2.24, 2.45) is 0 Å². The molecule has 0 bridgehead atoms. The Bertz CT molecular complexity index is 962. The Kier molecular flexibility index (Phi) is 5.01. The number of hydrogen-bond acceptors (Lipinski definition) is 5. The third-order valence-corrected chi connectivity index (χ3v) is 4.79. The van der Waals surface area contributed by atoms with Crippen molar-refractivity contribution < 1.29 is 23.3 Å². The predicted molar refractivity (Wildman–Crippen MR) is 103 cm³/mol. The van der Waals surface area contributed by atoms with E-state index >= 15 is 0 Å². The fourth-order valence-electron chi connectivity index (χ4n) is 2.36. The van der Waals surface area contributed by atoms with Gasteiger partial charge >= 0.3 is 7.48 Å². The molecular weight excluding hydrogens is 348 g/mol. The predicted octanol–water partition coefficient (Wildman–Crippen LogP) is 3.45. The number of aliphatic hydroxyl groups is 1. The maximum absolute atomic E-state index is 13.9. The maximum Gasteiger partial charge on any atom is 0.330 e. The number of oxazole rings is 1. The van der Waals surface area contributed by atoms with Crippen LogP contribution in [0, 0.1) is 5.82 Å². The van der Waals surface area contributed by atoms with Gasteiger partial charge in [-0.05, 0) is 52.0 Å². The van der Waals surface area contributed by atoms with Gasteiger partial charge in [0.15, 0.2) is 11.4 Å². The molecule has 0 aliphatic heterocycles. The molecule has 1 N–H and O–H groups in total. The summed E-state index contributed by atoms with van der Waals surface area (Å²) in [5, 5.41) is 10.2. The van der Waals surface area contributed by atoms with Gasteiger partial charge in [0.05, 0.1) is 23.9 Å². The van der Waals surface area contributed by atoms with E-state index in [2.05, 4.69) is 4.98 Å². The highest BCUT2D eigenvalue weighted by molar-refractivity contribution is 6.47. The van der Waals surface area contributed by atoms with Crippen LogP contribution in [-0.4, -0.2) is 35.9 Å². The van der Waals surface area contributed by atoms with Gasteiger partial charge in [-0.2, -0.15) is 0 Å². The molecule has 0 saturated carbocycles. The van der Waals surface area contributed by atoms with E-state index in [-0.39, 0.29) is 11.4 Å². The van der Waals surface area contributed by atoms with Crippen molar-refractivity contribution in [2.45, 2.75) is 38.9 Å². The lowest BCUT2D eigenvalue weighted by Gasteiger charge is -2.37. The van der Waals surface area contributed by atoms with Gasteiger partial charge in [0.1, 0.15) is 11.3 Å². The third-order valence-electron chi connectivity index (χ3n) is 4.79. The summed E-state index contributed by atoms with van der Waals surface area (Å²) in [7, 11) is 3.10. The van der Waals surface area contributed by atoms with Crippen molar-refractivity contribution in [1.29, 1.82) is 0 Å². The number of fused-ring (bicyclic) bond motifs is 1. The summed E-state index contributed by atoms with van der Waals surface area (Å²) in [5.74, 6) is 0.351. The molecule has 0 amide bonds. The van der Waals surface area contributed by atoms with Crippen molar-refractivity contribution in [3.05, 3.63) is 42.2 Å². The highest BCUT2D eigenvalue weighted by atomic mass is 19.1. The Balaban J connectivity index is 1.95. The zero-order chi connectivity index (χ0) is 19.8. The molecule has 1 heterocycles. The summed E-state index contributed by atoms with van der Waals surface area (Å²) in [6, 6.07) is 9.91. The second-order valence-corrected chi connectivity index (χ2v) is 7.37. The number of rotatable bonds is 6. The topological polar surface area (TPSA) is 64.7 Å². The molecule has 7 heteroatoms. The third kappa shape index (κ3) is 3.84. The molecular formula is C20H22BFNO4. The monoisotopic (exact) mass is 370 g/mol. The van der Waals surface area contributed by atoms with Crippen LogP contribution in [0.3, 0.4) is 0 Å². The Labute approximate surface area is 158 Å². The molecule has 27 heavy (non-hydrogen) atoms. The first-order valence-electron chi connectivity index (χ1n) is 8.59. The second-order valence-electron chi connectivity index (χ2n) is 7.37. The van der Waals surface area contributed by atoms with Gasteiger partial charge < -0.3 is 18.9 Å². The molecule has 1 radical (unpaired) electrons. The van der Waals surface area contributed by atoms with E-state index in [9.17, 15) is 9.50 Å². The minimum atomic E-state index is -1.03. The first-order valence-corrected chi connectivity index (χ1v) is 8.59. The number of halogens is 1. The fourth-order valence-corrected chi connectivity index (χ4v) is 2.36. The van der Waals surface area contributed by atoms with Gasteiger partial charge in [-0.15, -0.1) is 0 Å². The smallest absolute Gasteiger partial charge is 0.330 e. The van der Waals surface area contributed by atoms with Crippen molar-refractivity contribution >= 4 is 24.0 Å². The number of nitrogens with zero attached hydrogens (tertiary/aromatic N) is 1. The van der Waals surface area contributed by atoms with Crippen LogP contribution in [0.15, 0.2) is 40.8 Å². The Morgan fingerprint density at radius 3 is 2.52 bits per heavy atom. The number of methoxy groups -OCH3 is 1. The molecule has 0 saturated heterocycles. The number of benzene rings is 2. The summed E-state index contributed by atoms with van der Waals surface area (Å²) in [5.41, 5.74) is 0.00587. The lowest BCUT2D eigenvalue weighted by Crippen LogP contribution is -2.49. The molecule has 0 atom stereocenters. The number of ether oxygens (including phenoxy) is 1. The average Bonchev–Trinajstić information content (AvgIpc) is 3.04. The van der Waals surface area contributed by atoms with Gasteiger partial charge in [0.25, 0.3) is 0 Å². The van der Waals surface area contributed by atoms with Crippen LogP contribution >= 0.6 is 0 Å². The lowest BCUT2D eigenvalue weighted by molar-refractivity contribution is -0.0893. The zero-order valence-electron chi connectivity index (χ0n) is 16.0. The first kappa shape index (κ1) is 19.4. The summed E-state index contributed by atoms with van der Waals surface area (Å²) in [4.78, 5) is 4.26. The van der Waals surface area contributed by atoms with Gasteiger partial charge in [0, 0.05) is 0 Å². The van der Waals surface area contributed by atoms with Gasteiger partial charge in [-0.25, -0.2) is 9.37 Å². The minimum absolute atomic E-state index is 0.170. The number of para-hydroxylation sites is 1. The highest BCUT2D eigenvalue weighted by Gasteiger charge is 2.35. The maximum atomic E-state index is 13.9. The standard InChI is InChI=1S/C20H22BFNO4/c1-19(2,24)20(3,4)27-21-12-9-10-15(25-5)13(11-12)18-23-17-14(22)7-6-8-16(17)26-18/h6-11,24H,1-5H3.